The van der Waals surface area contributed by atoms with Crippen molar-refractivity contribution in [2.24, 2.45) is 0 Å². The Morgan fingerprint density at radius 1 is 1.40 bits per heavy atom. The van der Waals surface area contributed by atoms with Gasteiger partial charge in [0.05, 0.1) is 5.69 Å². The maximum Gasteiger partial charge on any atom is 0.165 e. The van der Waals surface area contributed by atoms with Crippen molar-refractivity contribution in [2.45, 2.75) is 6.92 Å². The summed E-state index contributed by atoms with van der Waals surface area (Å²) in [6.45, 7) is 1.97. The number of nitrogens with zero attached hydrogens (tertiary/aromatic N) is 3. The van der Waals surface area contributed by atoms with Crippen LogP contribution in [-0.2, 0) is 0 Å². The number of aromatic nitrogens is 2. The molecule has 0 unspecified atom stereocenters. The Labute approximate surface area is 87.6 Å². The summed E-state index contributed by atoms with van der Waals surface area (Å²) in [7, 11) is 0. The molecule has 2 aromatic rings. The summed E-state index contributed by atoms with van der Waals surface area (Å²) in [5.74, 6) is 0.473. The summed E-state index contributed by atoms with van der Waals surface area (Å²) in [4.78, 5) is 0. The summed E-state index contributed by atoms with van der Waals surface area (Å²) in [5, 5.41) is 12.8. The van der Waals surface area contributed by atoms with Crippen LogP contribution < -0.4 is 5.73 Å². The van der Waals surface area contributed by atoms with Crippen LogP contribution in [0.15, 0.2) is 30.3 Å². The number of nitrogen functional groups attached to an aromatic ring is 1. The summed E-state index contributed by atoms with van der Waals surface area (Å²) in [6, 6.07) is 11.3. The minimum absolute atomic E-state index is 0.329. The summed E-state index contributed by atoms with van der Waals surface area (Å²) in [6.07, 6.45) is 0. The average Bonchev–Trinajstić information content (AvgIpc) is 2.60. The lowest BCUT2D eigenvalue weighted by atomic mass is 10.2. The second-order valence-corrected chi connectivity index (χ2v) is 3.26. The van der Waals surface area contributed by atoms with Crippen LogP contribution in [0.1, 0.15) is 11.3 Å². The monoisotopic (exact) mass is 198 g/mol. The molecule has 0 bridgehead atoms. The zero-order valence-electron chi connectivity index (χ0n) is 8.31. The minimum Gasteiger partial charge on any atom is -0.384 e. The highest BCUT2D eigenvalue weighted by molar-refractivity contribution is 5.48. The van der Waals surface area contributed by atoms with Crippen LogP contribution in [-0.4, -0.2) is 9.78 Å². The number of hydrogen-bond donors (Lipinski definition) is 1. The summed E-state index contributed by atoms with van der Waals surface area (Å²) in [5.41, 5.74) is 8.06. The van der Waals surface area contributed by atoms with E-state index in [2.05, 4.69) is 5.10 Å². The van der Waals surface area contributed by atoms with Crippen molar-refractivity contribution in [1.29, 1.82) is 5.26 Å². The van der Waals surface area contributed by atoms with Gasteiger partial charge in [-0.15, -0.1) is 0 Å². The molecule has 0 aliphatic rings. The standard InChI is InChI=1S/C11H10N4/c1-8-4-2-3-5-10(8)15-11(13)6-9(7-12)14-15/h2-6H,13H2,1H3. The van der Waals surface area contributed by atoms with Crippen molar-refractivity contribution >= 4 is 5.82 Å². The fraction of sp³-hybridized carbons (Fsp3) is 0.0909. The molecular formula is C11H10N4. The molecule has 0 aliphatic carbocycles. The van der Waals surface area contributed by atoms with E-state index in [0.717, 1.165) is 11.3 Å². The molecule has 0 aliphatic heterocycles. The number of para-hydroxylation sites is 1. The zero-order chi connectivity index (χ0) is 10.8. The molecule has 74 valence electrons. The fourth-order valence-electron chi connectivity index (χ4n) is 1.44. The van der Waals surface area contributed by atoms with Gasteiger partial charge < -0.3 is 5.73 Å². The lowest BCUT2D eigenvalue weighted by Crippen LogP contribution is -2.03. The maximum absolute atomic E-state index is 8.71. The molecule has 15 heavy (non-hydrogen) atoms. The van der Waals surface area contributed by atoms with E-state index in [9.17, 15) is 0 Å². The van der Waals surface area contributed by atoms with Crippen molar-refractivity contribution < 1.29 is 0 Å². The van der Waals surface area contributed by atoms with Gasteiger partial charge in [-0.3, -0.25) is 0 Å². The molecule has 0 amide bonds. The van der Waals surface area contributed by atoms with Crippen LogP contribution in [0.25, 0.3) is 5.69 Å². The predicted molar refractivity (Wildman–Crippen MR) is 57.4 cm³/mol. The predicted octanol–water partition coefficient (Wildman–Crippen LogP) is 1.63. The Hall–Kier alpha value is -2.28. The quantitative estimate of drug-likeness (QED) is 0.757. The van der Waals surface area contributed by atoms with Gasteiger partial charge >= 0.3 is 0 Å². The first-order valence-electron chi connectivity index (χ1n) is 4.54. The van der Waals surface area contributed by atoms with Gasteiger partial charge in [-0.2, -0.15) is 10.4 Å². The number of benzene rings is 1. The highest BCUT2D eigenvalue weighted by Gasteiger charge is 2.07. The van der Waals surface area contributed by atoms with E-state index in [0.29, 0.717) is 11.5 Å². The smallest absolute Gasteiger partial charge is 0.165 e. The molecule has 1 heterocycles. The number of rotatable bonds is 1. The molecule has 1 aromatic heterocycles. The van der Waals surface area contributed by atoms with Gasteiger partial charge in [0.1, 0.15) is 11.9 Å². The molecule has 2 N–H and O–H groups in total. The number of nitriles is 1. The Morgan fingerprint density at radius 2 is 2.13 bits per heavy atom. The third-order valence-electron chi connectivity index (χ3n) is 2.20. The third-order valence-corrected chi connectivity index (χ3v) is 2.20. The first-order valence-corrected chi connectivity index (χ1v) is 4.54. The second-order valence-electron chi connectivity index (χ2n) is 3.26. The number of aryl methyl sites for hydroxylation is 1. The molecule has 0 saturated carbocycles. The van der Waals surface area contributed by atoms with Crippen LogP contribution in [0.2, 0.25) is 0 Å². The molecule has 4 heteroatoms. The Bertz CT molecular complexity index is 534. The topological polar surface area (TPSA) is 67.6 Å². The van der Waals surface area contributed by atoms with Crippen LogP contribution in [0, 0.1) is 18.3 Å². The van der Waals surface area contributed by atoms with Crippen molar-refractivity contribution in [1.82, 2.24) is 9.78 Å². The zero-order valence-corrected chi connectivity index (χ0v) is 8.31. The van der Waals surface area contributed by atoms with Gasteiger partial charge in [-0.05, 0) is 18.6 Å². The Morgan fingerprint density at radius 3 is 2.73 bits per heavy atom. The number of hydrogen-bond acceptors (Lipinski definition) is 3. The molecule has 0 radical (unpaired) electrons. The van der Waals surface area contributed by atoms with Crippen LogP contribution >= 0.6 is 0 Å². The molecule has 0 spiro atoms. The average molecular weight is 198 g/mol. The van der Waals surface area contributed by atoms with Crippen LogP contribution in [0.4, 0.5) is 5.82 Å². The molecule has 0 saturated heterocycles. The molecule has 1 aromatic carbocycles. The van der Waals surface area contributed by atoms with E-state index < -0.39 is 0 Å². The Kier molecular flexibility index (Phi) is 2.14. The fourth-order valence-corrected chi connectivity index (χ4v) is 1.44. The molecule has 2 rings (SSSR count). The summed E-state index contributed by atoms with van der Waals surface area (Å²) >= 11 is 0. The van der Waals surface area contributed by atoms with E-state index in [1.54, 1.807) is 10.7 Å². The van der Waals surface area contributed by atoms with Crippen molar-refractivity contribution in [3.63, 3.8) is 0 Å². The van der Waals surface area contributed by atoms with E-state index in [1.165, 1.54) is 0 Å². The van der Waals surface area contributed by atoms with Gasteiger partial charge in [0, 0.05) is 6.07 Å². The van der Waals surface area contributed by atoms with Gasteiger partial charge in [-0.25, -0.2) is 4.68 Å². The van der Waals surface area contributed by atoms with Gasteiger partial charge in [0.25, 0.3) is 0 Å². The van der Waals surface area contributed by atoms with E-state index >= 15 is 0 Å². The van der Waals surface area contributed by atoms with Crippen LogP contribution in [0.3, 0.4) is 0 Å². The highest BCUT2D eigenvalue weighted by Crippen LogP contribution is 2.17. The number of anilines is 1. The minimum atomic E-state index is 0.329. The van der Waals surface area contributed by atoms with Crippen molar-refractivity contribution in [2.75, 3.05) is 5.73 Å². The number of nitrogens with two attached hydrogens (primary N) is 1. The molecule has 0 atom stereocenters. The SMILES string of the molecule is Cc1ccccc1-n1nc(C#N)cc1N. The van der Waals surface area contributed by atoms with Crippen molar-refractivity contribution in [3.8, 4) is 11.8 Å². The molecule has 0 fully saturated rings. The molecule has 4 nitrogen and oxygen atoms in total. The highest BCUT2D eigenvalue weighted by atomic mass is 15.3. The van der Waals surface area contributed by atoms with Crippen molar-refractivity contribution in [3.05, 3.63) is 41.6 Å². The van der Waals surface area contributed by atoms with Gasteiger partial charge in [-0.1, -0.05) is 18.2 Å². The van der Waals surface area contributed by atoms with Gasteiger partial charge in [0.15, 0.2) is 5.69 Å². The maximum atomic E-state index is 8.71. The molecular weight excluding hydrogens is 188 g/mol. The van der Waals surface area contributed by atoms with Gasteiger partial charge in [0.2, 0.25) is 0 Å². The third kappa shape index (κ3) is 1.55. The van der Waals surface area contributed by atoms with E-state index in [4.69, 9.17) is 11.0 Å². The first-order chi connectivity index (χ1) is 7.22. The first kappa shape index (κ1) is 9.28. The summed E-state index contributed by atoms with van der Waals surface area (Å²) < 4.78 is 1.58. The van der Waals surface area contributed by atoms with E-state index in [-0.39, 0.29) is 0 Å². The lowest BCUT2D eigenvalue weighted by Gasteiger charge is -2.06. The normalized spacial score (nSPS) is 9.87. The second kappa shape index (κ2) is 3.46. The van der Waals surface area contributed by atoms with E-state index in [1.807, 2.05) is 37.3 Å². The Balaban J connectivity index is 2.60. The largest absolute Gasteiger partial charge is 0.384 e. The van der Waals surface area contributed by atoms with Crippen LogP contribution in [0.5, 0.6) is 0 Å². The lowest BCUT2D eigenvalue weighted by molar-refractivity contribution is 0.876.